The second-order valence-electron chi connectivity index (χ2n) is 5.93. The van der Waals surface area contributed by atoms with Gasteiger partial charge in [-0.3, -0.25) is 14.9 Å². The number of benzene rings is 2. The Hall–Kier alpha value is -2.25. The fourth-order valence-electron chi connectivity index (χ4n) is 2.58. The van der Waals surface area contributed by atoms with Gasteiger partial charge in [0.1, 0.15) is 11.3 Å². The second kappa shape index (κ2) is 9.27. The van der Waals surface area contributed by atoms with Gasteiger partial charge in [0, 0.05) is 4.47 Å². The molecule has 2 N–H and O–H groups in total. The van der Waals surface area contributed by atoms with Gasteiger partial charge in [-0.15, -0.1) is 0 Å². The monoisotopic (exact) mass is 648 g/mol. The Morgan fingerprint density at radius 3 is 2.43 bits per heavy atom. The van der Waals surface area contributed by atoms with Crippen molar-refractivity contribution >= 4 is 90.0 Å². The molecule has 0 spiro atoms. The summed E-state index contributed by atoms with van der Waals surface area (Å²) in [7, 11) is 0. The third kappa shape index (κ3) is 4.90. The number of urea groups is 1. The van der Waals surface area contributed by atoms with Gasteiger partial charge in [0.05, 0.1) is 13.7 Å². The van der Waals surface area contributed by atoms with Gasteiger partial charge in [-0.1, -0.05) is 15.9 Å². The maximum atomic E-state index is 12.9. The van der Waals surface area contributed by atoms with E-state index in [0.29, 0.717) is 25.0 Å². The van der Waals surface area contributed by atoms with Crippen molar-refractivity contribution < 1.29 is 29.0 Å². The fourth-order valence-corrected chi connectivity index (χ4v) is 4.62. The number of hydrogen-bond acceptors (Lipinski definition) is 5. The second-order valence-corrected chi connectivity index (χ2v) is 8.86. The number of nitrogens with zero attached hydrogens (tertiary/aromatic N) is 1. The highest BCUT2D eigenvalue weighted by atomic mass is 127. The first-order valence-electron chi connectivity index (χ1n) is 8.18. The first-order valence-corrected chi connectivity index (χ1v) is 10.8. The first kappa shape index (κ1) is 22.4. The minimum atomic E-state index is -1.12. The molecule has 0 aromatic heterocycles. The van der Waals surface area contributed by atoms with Crippen molar-refractivity contribution in [1.29, 1.82) is 0 Å². The molecule has 0 radical (unpaired) electrons. The molecule has 4 amide bonds. The largest absolute Gasteiger partial charge is 0.480 e. The van der Waals surface area contributed by atoms with E-state index >= 15 is 0 Å². The number of halogens is 3. The van der Waals surface area contributed by atoms with E-state index in [4.69, 9.17) is 9.84 Å². The molecular weight excluding hydrogens is 639 g/mol. The van der Waals surface area contributed by atoms with Crippen molar-refractivity contribution in [3.63, 3.8) is 0 Å². The number of barbiturate groups is 1. The molecule has 2 aromatic carbocycles. The van der Waals surface area contributed by atoms with Gasteiger partial charge in [0.25, 0.3) is 11.8 Å². The quantitative estimate of drug-likeness (QED) is 0.288. The summed E-state index contributed by atoms with van der Waals surface area (Å²) in [5.41, 5.74) is 0.573. The lowest BCUT2D eigenvalue weighted by Gasteiger charge is -2.26. The Morgan fingerprint density at radius 2 is 1.83 bits per heavy atom. The number of hydrogen-bond donors (Lipinski definition) is 2. The molecule has 0 aliphatic carbocycles. The van der Waals surface area contributed by atoms with Gasteiger partial charge in [0.15, 0.2) is 6.61 Å². The third-order valence-corrected chi connectivity index (χ3v) is 5.78. The van der Waals surface area contributed by atoms with E-state index in [1.165, 1.54) is 6.08 Å². The van der Waals surface area contributed by atoms with E-state index in [9.17, 15) is 19.2 Å². The number of nitrogens with one attached hydrogen (secondary N) is 1. The van der Waals surface area contributed by atoms with Crippen molar-refractivity contribution in [2.24, 2.45) is 0 Å². The van der Waals surface area contributed by atoms with E-state index in [1.807, 2.05) is 22.6 Å². The van der Waals surface area contributed by atoms with Crippen LogP contribution in [0.2, 0.25) is 0 Å². The predicted octanol–water partition coefficient (Wildman–Crippen LogP) is 3.95. The molecule has 8 nitrogen and oxygen atoms in total. The van der Waals surface area contributed by atoms with Crippen molar-refractivity contribution in [1.82, 2.24) is 5.32 Å². The number of ether oxygens (including phenoxy) is 1. The molecular formula is C19H11Br2IN2O6. The summed E-state index contributed by atoms with van der Waals surface area (Å²) in [5.74, 6) is -2.36. The SMILES string of the molecule is O=C(O)COc1c(Br)cc(/C=C2\C(=O)NC(=O)N(c3ccc(Br)cc3)C2=O)cc1I. The van der Waals surface area contributed by atoms with E-state index < -0.39 is 30.4 Å². The zero-order chi connectivity index (χ0) is 22.0. The Kier molecular flexibility index (Phi) is 6.93. The van der Waals surface area contributed by atoms with Crippen LogP contribution >= 0.6 is 54.5 Å². The summed E-state index contributed by atoms with van der Waals surface area (Å²) in [6.07, 6.45) is 1.35. The van der Waals surface area contributed by atoms with Crippen molar-refractivity contribution in [3.8, 4) is 5.75 Å². The minimum Gasteiger partial charge on any atom is -0.480 e. The Bertz CT molecular complexity index is 1080. The number of carbonyl (C=O) groups excluding carboxylic acids is 3. The summed E-state index contributed by atoms with van der Waals surface area (Å²) in [4.78, 5) is 49.1. The number of rotatable bonds is 5. The first-order chi connectivity index (χ1) is 14.2. The standard InChI is InChI=1S/C19H11Br2IN2O6/c20-10-1-3-11(4-2-10)24-18(28)12(17(27)23-19(24)29)5-9-6-13(21)16(14(22)7-9)30-8-15(25)26/h1-7H,8H2,(H,25,26)(H,23,27,29)/b12-5+. The van der Waals surface area contributed by atoms with Crippen LogP contribution in [0.1, 0.15) is 5.56 Å². The van der Waals surface area contributed by atoms with Crippen LogP contribution < -0.4 is 15.0 Å². The molecule has 1 fully saturated rings. The molecule has 0 atom stereocenters. The molecule has 0 bridgehead atoms. The number of carbonyl (C=O) groups is 4. The number of aliphatic carboxylic acids is 1. The number of amides is 4. The van der Waals surface area contributed by atoms with Crippen LogP contribution in [0, 0.1) is 3.57 Å². The van der Waals surface area contributed by atoms with Crippen LogP contribution in [-0.4, -0.2) is 35.5 Å². The van der Waals surface area contributed by atoms with Crippen LogP contribution in [0.3, 0.4) is 0 Å². The predicted molar refractivity (Wildman–Crippen MR) is 123 cm³/mol. The van der Waals surface area contributed by atoms with Gasteiger partial charge < -0.3 is 9.84 Å². The highest BCUT2D eigenvalue weighted by Crippen LogP contribution is 2.33. The number of imide groups is 2. The van der Waals surface area contributed by atoms with Crippen LogP contribution in [0.25, 0.3) is 6.08 Å². The zero-order valence-corrected chi connectivity index (χ0v) is 20.1. The fraction of sp³-hybridized carbons (Fsp3) is 0.0526. The molecule has 30 heavy (non-hydrogen) atoms. The third-order valence-electron chi connectivity index (χ3n) is 3.86. The average Bonchev–Trinajstić information content (AvgIpc) is 2.65. The molecule has 1 aliphatic rings. The van der Waals surface area contributed by atoms with E-state index in [-0.39, 0.29) is 5.57 Å². The Balaban J connectivity index is 1.96. The molecule has 0 unspecified atom stereocenters. The van der Waals surface area contributed by atoms with Crippen molar-refractivity contribution in [2.75, 3.05) is 11.5 Å². The molecule has 3 rings (SSSR count). The summed E-state index contributed by atoms with van der Waals surface area (Å²) in [5, 5.41) is 10.9. The van der Waals surface area contributed by atoms with Gasteiger partial charge in [-0.2, -0.15) is 0 Å². The normalized spacial score (nSPS) is 15.4. The van der Waals surface area contributed by atoms with Crippen molar-refractivity contribution in [3.05, 3.63) is 60.1 Å². The van der Waals surface area contributed by atoms with Gasteiger partial charge in [0.2, 0.25) is 0 Å². The van der Waals surface area contributed by atoms with Crippen LogP contribution in [0.15, 0.2) is 50.9 Å². The van der Waals surface area contributed by atoms with Gasteiger partial charge in [-0.05, 0) is 86.6 Å². The van der Waals surface area contributed by atoms with Crippen LogP contribution in [0.4, 0.5) is 10.5 Å². The molecule has 154 valence electrons. The summed E-state index contributed by atoms with van der Waals surface area (Å²) in [6, 6.07) is 8.85. The van der Waals surface area contributed by atoms with Crippen LogP contribution in [-0.2, 0) is 14.4 Å². The number of carboxylic acids is 1. The van der Waals surface area contributed by atoms with Crippen LogP contribution in [0.5, 0.6) is 5.75 Å². The number of anilines is 1. The molecule has 1 heterocycles. The molecule has 1 saturated heterocycles. The Labute approximate surface area is 200 Å². The summed E-state index contributed by atoms with van der Waals surface area (Å²) >= 11 is 8.54. The minimum absolute atomic E-state index is 0.223. The van der Waals surface area contributed by atoms with Gasteiger partial charge >= 0.3 is 12.0 Å². The van der Waals surface area contributed by atoms with Crippen molar-refractivity contribution in [2.45, 2.75) is 0 Å². The summed E-state index contributed by atoms with van der Waals surface area (Å²) in [6.45, 7) is -0.514. The molecule has 1 aliphatic heterocycles. The van der Waals surface area contributed by atoms with E-state index in [2.05, 4.69) is 37.2 Å². The van der Waals surface area contributed by atoms with Gasteiger partial charge in [-0.25, -0.2) is 14.5 Å². The molecule has 11 heteroatoms. The van der Waals surface area contributed by atoms with E-state index in [0.717, 1.165) is 9.37 Å². The smallest absolute Gasteiger partial charge is 0.341 e. The average molecular weight is 650 g/mol. The van der Waals surface area contributed by atoms with E-state index in [1.54, 1.807) is 36.4 Å². The topological polar surface area (TPSA) is 113 Å². The lowest BCUT2D eigenvalue weighted by molar-refractivity contribution is -0.139. The highest BCUT2D eigenvalue weighted by molar-refractivity contribution is 14.1. The molecule has 2 aromatic rings. The molecule has 0 saturated carbocycles. The number of carboxylic acid groups (broad SMARTS) is 1. The zero-order valence-electron chi connectivity index (χ0n) is 14.8. The summed E-state index contributed by atoms with van der Waals surface area (Å²) < 4.78 is 7.03. The maximum Gasteiger partial charge on any atom is 0.341 e. The lowest BCUT2D eigenvalue weighted by Crippen LogP contribution is -2.54. The maximum absolute atomic E-state index is 12.9. The highest BCUT2D eigenvalue weighted by Gasteiger charge is 2.36. The lowest BCUT2D eigenvalue weighted by atomic mass is 10.1. The Morgan fingerprint density at radius 1 is 1.17 bits per heavy atom.